The smallest absolute Gasteiger partial charge is 0.311 e. The fraction of sp³-hybridized carbons (Fsp3) is 0.765. The number of allylic oxidation sites excluding steroid dienone is 3. The molecule has 0 aromatic rings. The van der Waals surface area contributed by atoms with Gasteiger partial charge in [-0.2, -0.15) is 0 Å². The number of carbonyl (C=O) groups is 4. The average molecular weight is 558 g/mol. The zero-order valence-electron chi connectivity index (χ0n) is 27.1. The molecular weight excluding hydrogens is 502 g/mol. The molecule has 0 heterocycles. The summed E-state index contributed by atoms with van der Waals surface area (Å²) in [5.41, 5.74) is 4.79. The van der Waals surface area contributed by atoms with Crippen LogP contribution in [0.25, 0.3) is 0 Å². The van der Waals surface area contributed by atoms with Gasteiger partial charge in [0.2, 0.25) is 0 Å². The first kappa shape index (κ1) is 34.0. The van der Waals surface area contributed by atoms with Crippen molar-refractivity contribution in [2.45, 2.75) is 121 Å². The normalized spacial score (nSPS) is 29.8. The topological polar surface area (TPSA) is 104 Å². The highest BCUT2D eigenvalue weighted by molar-refractivity contribution is 6.20. The Kier molecular flexibility index (Phi) is 10.1. The molecule has 0 aromatic heterocycles. The molecule has 2 aliphatic carbocycles. The highest BCUT2D eigenvalue weighted by atomic mass is 16.5. The van der Waals surface area contributed by atoms with E-state index in [-0.39, 0.29) is 45.8 Å². The van der Waals surface area contributed by atoms with Crippen LogP contribution >= 0.6 is 0 Å². The maximum Gasteiger partial charge on any atom is 0.311 e. The summed E-state index contributed by atoms with van der Waals surface area (Å²) in [6.45, 7) is 20.9. The van der Waals surface area contributed by atoms with Gasteiger partial charge in [0.25, 0.3) is 5.91 Å². The summed E-state index contributed by atoms with van der Waals surface area (Å²) < 4.78 is 5.31. The minimum absolute atomic E-state index is 0.0290. The second-order valence-electron chi connectivity index (χ2n) is 14.9. The molecule has 0 saturated heterocycles. The van der Waals surface area contributed by atoms with Gasteiger partial charge in [-0.3, -0.25) is 19.2 Å². The number of nitrogens with two attached hydrogens (primary N) is 1. The summed E-state index contributed by atoms with van der Waals surface area (Å²) in [4.78, 5) is 51.1. The minimum Gasteiger partial charge on any atom is -0.469 e. The standard InChI is InChI=1S/C34H55NO5/c1-12-14-30(4,5)16-18-32(8,29(39)40-11)19-17-31(6,7)34(10)15-13-25-23(3)27(37)24(28(35)38)21-33(25,9)26(34)20-22(2)36/h20-21,23,25H,12-19H2,1-11H3,(H2,35,38)/b26-20-/t23-,25-,32-,33-,34+/m0/s1. The van der Waals surface area contributed by atoms with Crippen molar-refractivity contribution < 1.29 is 23.9 Å². The Morgan fingerprint density at radius 1 is 1.05 bits per heavy atom. The molecule has 40 heavy (non-hydrogen) atoms. The Labute approximate surface area is 242 Å². The zero-order chi connectivity index (χ0) is 30.9. The van der Waals surface area contributed by atoms with Crippen LogP contribution in [0.3, 0.4) is 0 Å². The maximum atomic E-state index is 13.1. The van der Waals surface area contributed by atoms with Gasteiger partial charge in [-0.1, -0.05) is 73.5 Å². The maximum absolute atomic E-state index is 13.1. The van der Waals surface area contributed by atoms with Crippen LogP contribution in [0.5, 0.6) is 0 Å². The number of rotatable bonds is 12. The molecule has 1 fully saturated rings. The van der Waals surface area contributed by atoms with Crippen molar-refractivity contribution in [3.05, 3.63) is 23.3 Å². The summed E-state index contributed by atoms with van der Waals surface area (Å²) in [5, 5.41) is 0. The largest absolute Gasteiger partial charge is 0.469 e. The summed E-state index contributed by atoms with van der Waals surface area (Å²) in [6, 6.07) is 0. The Morgan fingerprint density at radius 2 is 1.62 bits per heavy atom. The molecule has 6 heteroatoms. The number of fused-ring (bicyclic) bond motifs is 1. The Balaban J connectivity index is 2.53. The molecule has 0 spiro atoms. The Morgan fingerprint density at radius 3 is 2.12 bits per heavy atom. The number of hydrogen-bond acceptors (Lipinski definition) is 5. The lowest BCUT2D eigenvalue weighted by Crippen LogP contribution is -2.53. The van der Waals surface area contributed by atoms with E-state index in [0.29, 0.717) is 6.42 Å². The van der Waals surface area contributed by atoms with Crippen LogP contribution < -0.4 is 5.73 Å². The fourth-order valence-electron chi connectivity index (χ4n) is 7.70. The van der Waals surface area contributed by atoms with E-state index in [4.69, 9.17) is 10.5 Å². The molecule has 0 aromatic carbocycles. The fourth-order valence-corrected chi connectivity index (χ4v) is 7.70. The molecule has 226 valence electrons. The van der Waals surface area contributed by atoms with E-state index >= 15 is 0 Å². The molecule has 6 nitrogen and oxygen atoms in total. The van der Waals surface area contributed by atoms with Crippen molar-refractivity contribution in [3.8, 4) is 0 Å². The van der Waals surface area contributed by atoms with Crippen LogP contribution in [0.2, 0.25) is 0 Å². The molecule has 0 aliphatic heterocycles. The Bertz CT molecular complexity index is 1080. The number of esters is 1. The van der Waals surface area contributed by atoms with Gasteiger partial charge in [0, 0.05) is 11.3 Å². The second kappa shape index (κ2) is 11.9. The van der Waals surface area contributed by atoms with Crippen LogP contribution in [0.4, 0.5) is 0 Å². The van der Waals surface area contributed by atoms with E-state index < -0.39 is 22.2 Å². The molecule has 5 atom stereocenters. The highest BCUT2D eigenvalue weighted by Gasteiger charge is 2.58. The van der Waals surface area contributed by atoms with Crippen molar-refractivity contribution in [2.75, 3.05) is 7.11 Å². The van der Waals surface area contributed by atoms with Crippen LogP contribution in [-0.4, -0.2) is 30.6 Å². The monoisotopic (exact) mass is 557 g/mol. The molecule has 2 N–H and O–H groups in total. The molecule has 1 saturated carbocycles. The van der Waals surface area contributed by atoms with Crippen molar-refractivity contribution in [1.29, 1.82) is 0 Å². The third-order valence-electron chi connectivity index (χ3n) is 11.0. The van der Waals surface area contributed by atoms with E-state index in [9.17, 15) is 19.2 Å². The second-order valence-corrected chi connectivity index (χ2v) is 14.9. The van der Waals surface area contributed by atoms with E-state index in [0.717, 1.165) is 50.5 Å². The van der Waals surface area contributed by atoms with Crippen LogP contribution in [0.1, 0.15) is 121 Å². The van der Waals surface area contributed by atoms with E-state index in [2.05, 4.69) is 48.5 Å². The van der Waals surface area contributed by atoms with Gasteiger partial charge in [-0.15, -0.1) is 0 Å². The van der Waals surface area contributed by atoms with Crippen molar-refractivity contribution >= 4 is 23.4 Å². The third kappa shape index (κ3) is 6.46. The first-order chi connectivity index (χ1) is 18.2. The third-order valence-corrected chi connectivity index (χ3v) is 11.0. The lowest BCUT2D eigenvalue weighted by atomic mass is 9.44. The molecule has 2 rings (SSSR count). The van der Waals surface area contributed by atoms with Gasteiger partial charge in [0.15, 0.2) is 11.6 Å². The van der Waals surface area contributed by atoms with Crippen molar-refractivity contribution in [1.82, 2.24) is 0 Å². The van der Waals surface area contributed by atoms with Gasteiger partial charge >= 0.3 is 5.97 Å². The van der Waals surface area contributed by atoms with E-state index in [1.54, 1.807) is 19.1 Å². The molecule has 2 aliphatic rings. The summed E-state index contributed by atoms with van der Waals surface area (Å²) in [7, 11) is 1.47. The zero-order valence-corrected chi connectivity index (χ0v) is 27.1. The van der Waals surface area contributed by atoms with Gasteiger partial charge in [0.05, 0.1) is 18.1 Å². The van der Waals surface area contributed by atoms with Crippen LogP contribution in [0, 0.1) is 38.9 Å². The molecule has 0 unspecified atom stereocenters. The van der Waals surface area contributed by atoms with Crippen molar-refractivity contribution in [3.63, 3.8) is 0 Å². The number of hydrogen-bond donors (Lipinski definition) is 1. The average Bonchev–Trinajstić information content (AvgIpc) is 2.85. The molecule has 0 bridgehead atoms. The number of primary amides is 1. The van der Waals surface area contributed by atoms with Crippen LogP contribution in [0.15, 0.2) is 23.3 Å². The quantitative estimate of drug-likeness (QED) is 0.156. The number of ether oxygens (including phenoxy) is 1. The first-order valence-electron chi connectivity index (χ1n) is 15.1. The lowest BCUT2D eigenvalue weighted by molar-refractivity contribution is -0.153. The van der Waals surface area contributed by atoms with E-state index in [1.165, 1.54) is 7.11 Å². The van der Waals surface area contributed by atoms with Gasteiger partial charge in [0.1, 0.15) is 0 Å². The molecule has 1 amide bonds. The highest BCUT2D eigenvalue weighted by Crippen LogP contribution is 2.65. The van der Waals surface area contributed by atoms with Gasteiger partial charge in [-0.25, -0.2) is 0 Å². The number of methoxy groups -OCH3 is 1. The summed E-state index contributed by atoms with van der Waals surface area (Å²) in [6.07, 6.45) is 10.4. The molecule has 0 radical (unpaired) electrons. The predicted molar refractivity (Wildman–Crippen MR) is 160 cm³/mol. The number of ketones is 2. The summed E-state index contributed by atoms with van der Waals surface area (Å²) in [5.74, 6) is -1.56. The van der Waals surface area contributed by atoms with Crippen molar-refractivity contribution in [2.24, 2.45) is 44.6 Å². The summed E-state index contributed by atoms with van der Waals surface area (Å²) >= 11 is 0. The number of carbonyl (C=O) groups excluding carboxylic acids is 4. The number of amides is 1. The lowest BCUT2D eigenvalue weighted by Gasteiger charge is -2.59. The van der Waals surface area contributed by atoms with Gasteiger partial charge in [-0.05, 0) is 87.0 Å². The van der Waals surface area contributed by atoms with Crippen LogP contribution in [-0.2, 0) is 23.9 Å². The molecular formula is C34H55NO5. The number of Topliss-reactive ketones (excluding diaryl/α,β-unsaturated/α-hetero) is 1. The van der Waals surface area contributed by atoms with Gasteiger partial charge < -0.3 is 10.5 Å². The first-order valence-corrected chi connectivity index (χ1v) is 15.1. The SMILES string of the molecule is CCCC(C)(C)CC[C@@](C)(CCC(C)(C)[C@]1(C)CC[C@H]2[C@H](C)C(=O)C(C(N)=O)=C[C@]2(C)/C1=C/C(C)=O)C(=O)OC. The minimum atomic E-state index is -0.718. The Hall–Kier alpha value is -2.24. The predicted octanol–water partition coefficient (Wildman–Crippen LogP) is 7.15. The van der Waals surface area contributed by atoms with E-state index in [1.807, 2.05) is 13.8 Å².